The lowest BCUT2D eigenvalue weighted by molar-refractivity contribution is 0.0171. The maximum absolute atomic E-state index is 12.5. The van der Waals surface area contributed by atoms with Crippen LogP contribution in [-0.4, -0.2) is 34.3 Å². The van der Waals surface area contributed by atoms with E-state index in [1.54, 1.807) is 16.2 Å². The summed E-state index contributed by atoms with van der Waals surface area (Å²) in [4.78, 5) is 15.4. The second-order valence-electron chi connectivity index (χ2n) is 6.32. The van der Waals surface area contributed by atoms with Crippen LogP contribution in [0.1, 0.15) is 32.1 Å². The van der Waals surface area contributed by atoms with Gasteiger partial charge < -0.3 is 9.84 Å². The van der Waals surface area contributed by atoms with E-state index in [4.69, 9.17) is 4.74 Å². The van der Waals surface area contributed by atoms with Gasteiger partial charge in [-0.05, 0) is 38.6 Å². The van der Waals surface area contributed by atoms with Crippen LogP contribution in [0.3, 0.4) is 0 Å². The zero-order valence-electron chi connectivity index (χ0n) is 12.8. The van der Waals surface area contributed by atoms with Crippen molar-refractivity contribution >= 4 is 17.4 Å². The number of carbonyl (C=O) groups excluding carboxylic acids is 1. The molecule has 0 aliphatic heterocycles. The topological polar surface area (TPSA) is 49.8 Å². The number of nitrogens with zero attached hydrogens (tertiary/aromatic N) is 1. The number of amides is 1. The van der Waals surface area contributed by atoms with Crippen LogP contribution in [0.25, 0.3) is 0 Å². The molecule has 1 aliphatic rings. The van der Waals surface area contributed by atoms with Crippen LogP contribution in [0, 0.1) is 5.92 Å². The SMILES string of the molecule is CC(C)(C)OC(=O)N(Cc1cccs1)[C@@H]1C=C[C@H](CO)C1. The minimum absolute atomic E-state index is 0.0147. The van der Waals surface area contributed by atoms with E-state index in [0.717, 1.165) is 11.3 Å². The summed E-state index contributed by atoms with van der Waals surface area (Å²) in [7, 11) is 0. The molecule has 0 unspecified atom stereocenters. The van der Waals surface area contributed by atoms with Gasteiger partial charge in [-0.1, -0.05) is 18.2 Å². The van der Waals surface area contributed by atoms with E-state index in [0.29, 0.717) is 6.54 Å². The largest absolute Gasteiger partial charge is 0.444 e. The quantitative estimate of drug-likeness (QED) is 0.867. The Kier molecular flexibility index (Phi) is 5.06. The fourth-order valence-corrected chi connectivity index (χ4v) is 3.03. The molecule has 1 heterocycles. The van der Waals surface area contributed by atoms with Gasteiger partial charge in [0.2, 0.25) is 0 Å². The van der Waals surface area contributed by atoms with Gasteiger partial charge in [-0.25, -0.2) is 4.79 Å². The van der Waals surface area contributed by atoms with Crippen molar-refractivity contribution < 1.29 is 14.6 Å². The van der Waals surface area contributed by atoms with Crippen molar-refractivity contribution in [2.75, 3.05) is 6.61 Å². The van der Waals surface area contributed by atoms with Crippen molar-refractivity contribution in [1.29, 1.82) is 0 Å². The minimum atomic E-state index is -0.510. The molecule has 0 radical (unpaired) electrons. The van der Waals surface area contributed by atoms with E-state index in [9.17, 15) is 9.90 Å². The Morgan fingerprint density at radius 3 is 2.76 bits per heavy atom. The first-order valence-electron chi connectivity index (χ1n) is 7.20. The zero-order chi connectivity index (χ0) is 15.5. The first kappa shape index (κ1) is 16.0. The van der Waals surface area contributed by atoms with Gasteiger partial charge in [0, 0.05) is 17.4 Å². The average Bonchev–Trinajstić information content (AvgIpc) is 3.05. The van der Waals surface area contributed by atoms with Gasteiger partial charge in [-0.2, -0.15) is 0 Å². The van der Waals surface area contributed by atoms with Gasteiger partial charge in [0.05, 0.1) is 12.6 Å². The summed E-state index contributed by atoms with van der Waals surface area (Å²) < 4.78 is 5.53. The lowest BCUT2D eigenvalue weighted by Gasteiger charge is -2.31. The molecular weight excluding hydrogens is 286 g/mol. The number of ether oxygens (including phenoxy) is 1. The van der Waals surface area contributed by atoms with Gasteiger partial charge in [0.1, 0.15) is 5.60 Å². The molecule has 21 heavy (non-hydrogen) atoms. The van der Waals surface area contributed by atoms with Crippen LogP contribution >= 0.6 is 11.3 Å². The Bertz CT molecular complexity index is 490. The molecule has 1 aromatic heterocycles. The van der Waals surface area contributed by atoms with E-state index < -0.39 is 5.60 Å². The van der Waals surface area contributed by atoms with Crippen LogP contribution in [0.15, 0.2) is 29.7 Å². The molecule has 2 rings (SSSR count). The van der Waals surface area contributed by atoms with Crippen LogP contribution in [0.5, 0.6) is 0 Å². The van der Waals surface area contributed by atoms with Gasteiger partial charge in [0.25, 0.3) is 0 Å². The van der Waals surface area contributed by atoms with E-state index in [1.165, 1.54) is 0 Å². The Balaban J connectivity index is 2.11. The average molecular weight is 309 g/mol. The van der Waals surface area contributed by atoms with Crippen LogP contribution in [0.2, 0.25) is 0 Å². The van der Waals surface area contributed by atoms with Gasteiger partial charge in [0.15, 0.2) is 0 Å². The van der Waals surface area contributed by atoms with Crippen molar-refractivity contribution in [3.63, 3.8) is 0 Å². The van der Waals surface area contributed by atoms with E-state index in [2.05, 4.69) is 0 Å². The van der Waals surface area contributed by atoms with Crippen LogP contribution in [0.4, 0.5) is 4.79 Å². The number of hydrogen-bond acceptors (Lipinski definition) is 4. The van der Waals surface area contributed by atoms with Crippen molar-refractivity contribution in [3.8, 4) is 0 Å². The lowest BCUT2D eigenvalue weighted by atomic mass is 10.1. The van der Waals surface area contributed by atoms with Crippen LogP contribution in [-0.2, 0) is 11.3 Å². The lowest BCUT2D eigenvalue weighted by Crippen LogP contribution is -2.41. The molecule has 0 saturated heterocycles. The molecule has 2 atom stereocenters. The Hall–Kier alpha value is -1.33. The standard InChI is InChI=1S/C16H23NO3S/c1-16(2,3)20-15(19)17(10-14-5-4-8-21-14)13-7-6-12(9-13)11-18/h4-8,12-13,18H,9-11H2,1-3H3/t12-,13+/m0/s1. The first-order valence-corrected chi connectivity index (χ1v) is 8.08. The summed E-state index contributed by atoms with van der Waals surface area (Å²) in [6, 6.07) is 3.98. The summed E-state index contributed by atoms with van der Waals surface area (Å²) in [5.41, 5.74) is -0.510. The molecule has 1 amide bonds. The Labute approximate surface area is 130 Å². The fourth-order valence-electron chi connectivity index (χ4n) is 2.33. The summed E-state index contributed by atoms with van der Waals surface area (Å²) in [5.74, 6) is 0.128. The third-order valence-corrected chi connectivity index (χ3v) is 4.18. The highest BCUT2D eigenvalue weighted by molar-refractivity contribution is 7.09. The molecule has 0 bridgehead atoms. The zero-order valence-corrected chi connectivity index (χ0v) is 13.6. The number of aliphatic hydroxyl groups is 1. The van der Waals surface area contributed by atoms with Crippen molar-refractivity contribution in [2.24, 2.45) is 5.92 Å². The first-order chi connectivity index (χ1) is 9.89. The van der Waals surface area contributed by atoms with E-state index in [1.807, 2.05) is 50.4 Å². The molecule has 5 heteroatoms. The molecule has 0 aromatic carbocycles. The molecule has 1 N–H and O–H groups in total. The molecular formula is C16H23NO3S. The maximum atomic E-state index is 12.5. The normalized spacial score (nSPS) is 21.5. The molecule has 1 aromatic rings. The Morgan fingerprint density at radius 2 is 2.24 bits per heavy atom. The summed E-state index contributed by atoms with van der Waals surface area (Å²) >= 11 is 1.63. The molecule has 116 valence electrons. The van der Waals surface area contributed by atoms with Crippen molar-refractivity contribution in [1.82, 2.24) is 4.90 Å². The van der Waals surface area contributed by atoms with Crippen molar-refractivity contribution in [3.05, 3.63) is 34.5 Å². The van der Waals surface area contributed by atoms with Crippen molar-refractivity contribution in [2.45, 2.75) is 45.4 Å². The van der Waals surface area contributed by atoms with Crippen LogP contribution < -0.4 is 0 Å². The minimum Gasteiger partial charge on any atom is -0.444 e. The summed E-state index contributed by atoms with van der Waals surface area (Å²) in [6.45, 7) is 6.27. The highest BCUT2D eigenvalue weighted by Gasteiger charge is 2.31. The molecule has 0 saturated carbocycles. The summed E-state index contributed by atoms with van der Waals surface area (Å²) in [5, 5.41) is 11.3. The van der Waals surface area contributed by atoms with E-state index in [-0.39, 0.29) is 24.7 Å². The molecule has 4 nitrogen and oxygen atoms in total. The predicted octanol–water partition coefficient (Wildman–Crippen LogP) is 3.42. The van der Waals surface area contributed by atoms with Gasteiger partial charge >= 0.3 is 6.09 Å². The highest BCUT2D eigenvalue weighted by atomic mass is 32.1. The number of rotatable bonds is 4. The number of thiophene rings is 1. The number of hydrogen-bond donors (Lipinski definition) is 1. The molecule has 0 spiro atoms. The number of aliphatic hydroxyl groups excluding tert-OH is 1. The maximum Gasteiger partial charge on any atom is 0.411 e. The second-order valence-corrected chi connectivity index (χ2v) is 7.35. The number of carbonyl (C=O) groups is 1. The summed E-state index contributed by atoms with van der Waals surface area (Å²) in [6.07, 6.45) is 4.43. The third-order valence-electron chi connectivity index (χ3n) is 3.32. The predicted molar refractivity (Wildman–Crippen MR) is 84.2 cm³/mol. The Morgan fingerprint density at radius 1 is 1.48 bits per heavy atom. The smallest absolute Gasteiger partial charge is 0.411 e. The molecule has 0 fully saturated rings. The second kappa shape index (κ2) is 6.62. The van der Waals surface area contributed by atoms with E-state index >= 15 is 0 Å². The highest BCUT2D eigenvalue weighted by Crippen LogP contribution is 2.26. The monoisotopic (exact) mass is 309 g/mol. The molecule has 1 aliphatic carbocycles. The van der Waals surface area contributed by atoms with Gasteiger partial charge in [-0.15, -0.1) is 11.3 Å². The third kappa shape index (κ3) is 4.58. The van der Waals surface area contributed by atoms with Gasteiger partial charge in [-0.3, -0.25) is 4.90 Å². The fraction of sp³-hybridized carbons (Fsp3) is 0.562.